The third-order valence-electron chi connectivity index (χ3n) is 7.81. The third-order valence-corrected chi connectivity index (χ3v) is 9.52. The van der Waals surface area contributed by atoms with Crippen LogP contribution in [0.5, 0.6) is 0 Å². The maximum absolute atomic E-state index is 14.4. The molecule has 7 heteroatoms. The van der Waals surface area contributed by atoms with Gasteiger partial charge in [-0.3, -0.25) is 24.3 Å². The van der Waals surface area contributed by atoms with Gasteiger partial charge in [-0.1, -0.05) is 66.2 Å². The number of carbonyl (C=O) groups excluding carboxylic acids is 2. The van der Waals surface area contributed by atoms with Crippen LogP contribution < -0.4 is 9.80 Å². The second-order valence-corrected chi connectivity index (χ2v) is 12.2. The van der Waals surface area contributed by atoms with Gasteiger partial charge in [0.2, 0.25) is 10.8 Å². The number of likely N-dealkylation sites (tertiary alicyclic amines) is 1. The van der Waals surface area contributed by atoms with Gasteiger partial charge < -0.3 is 0 Å². The Morgan fingerprint density at radius 3 is 2.43 bits per heavy atom. The summed E-state index contributed by atoms with van der Waals surface area (Å²) in [6.45, 7) is 4.32. The minimum absolute atomic E-state index is 0.0530. The molecule has 2 amide bonds. The summed E-state index contributed by atoms with van der Waals surface area (Å²) in [4.78, 5) is 32.7. The number of piperidine rings is 1. The molecule has 3 aromatic rings. The number of benzene rings is 3. The maximum atomic E-state index is 14.4. The molecule has 5 nitrogen and oxygen atoms in total. The number of halogens is 1. The van der Waals surface area contributed by atoms with E-state index in [9.17, 15) is 9.59 Å². The maximum Gasteiger partial charge on any atom is 0.269 e. The van der Waals surface area contributed by atoms with Crippen molar-refractivity contribution in [3.05, 3.63) is 95.0 Å². The van der Waals surface area contributed by atoms with Gasteiger partial charge in [0.25, 0.3) is 5.91 Å². The highest BCUT2D eigenvalue weighted by atomic mass is 35.5. The molecule has 190 valence electrons. The van der Waals surface area contributed by atoms with Gasteiger partial charge in [0, 0.05) is 29.4 Å². The van der Waals surface area contributed by atoms with Crippen LogP contribution in [0.2, 0.25) is 5.02 Å². The Morgan fingerprint density at radius 2 is 1.68 bits per heavy atom. The number of carbonyl (C=O) groups is 2. The first-order chi connectivity index (χ1) is 18.0. The van der Waals surface area contributed by atoms with Crippen LogP contribution in [-0.2, 0) is 20.9 Å². The van der Waals surface area contributed by atoms with Gasteiger partial charge in [0.05, 0.1) is 17.6 Å². The summed E-state index contributed by atoms with van der Waals surface area (Å²) in [7, 11) is 0. The predicted molar refractivity (Wildman–Crippen MR) is 151 cm³/mol. The fourth-order valence-corrected chi connectivity index (χ4v) is 7.69. The van der Waals surface area contributed by atoms with E-state index in [2.05, 4.69) is 35.2 Å². The number of amides is 2. The van der Waals surface area contributed by atoms with Gasteiger partial charge in [-0.25, -0.2) is 0 Å². The van der Waals surface area contributed by atoms with Gasteiger partial charge >= 0.3 is 0 Å². The molecule has 3 aliphatic rings. The summed E-state index contributed by atoms with van der Waals surface area (Å²) >= 11 is 7.75. The van der Waals surface area contributed by atoms with Gasteiger partial charge in [0.1, 0.15) is 0 Å². The standard InChI is InChI=1S/C30H30ClN3O2S/c1-21-28(35)34(25-11-7-10-24(31)19-25)30(37-21)26-12-5-6-13-27(26)33(29(30)36)20-32-16-14-23(15-17-32)18-22-8-3-2-4-9-22/h2-13,19,21,23H,14-18,20H2,1H3/t21-,30-/m1/s1. The number of para-hydroxylation sites is 1. The van der Waals surface area contributed by atoms with Gasteiger partial charge in [-0.05, 0) is 61.9 Å². The Hall–Kier alpha value is -2.80. The molecule has 2 saturated heterocycles. The van der Waals surface area contributed by atoms with Crippen molar-refractivity contribution in [3.63, 3.8) is 0 Å². The van der Waals surface area contributed by atoms with Crippen LogP contribution in [0.4, 0.5) is 11.4 Å². The fourth-order valence-electron chi connectivity index (χ4n) is 5.97. The number of fused-ring (bicyclic) bond motifs is 2. The summed E-state index contributed by atoms with van der Waals surface area (Å²) in [5.74, 6) is 0.538. The number of thioether (sulfide) groups is 1. The molecule has 3 aliphatic heterocycles. The highest BCUT2D eigenvalue weighted by Gasteiger charge is 2.63. The number of hydrogen-bond donors (Lipinski definition) is 0. The van der Waals surface area contributed by atoms with Crippen molar-refractivity contribution in [2.75, 3.05) is 29.6 Å². The van der Waals surface area contributed by atoms with Crippen LogP contribution in [0.1, 0.15) is 30.9 Å². The molecular formula is C30H30ClN3O2S. The monoisotopic (exact) mass is 531 g/mol. The second kappa shape index (κ2) is 9.82. The van der Waals surface area contributed by atoms with E-state index in [-0.39, 0.29) is 17.1 Å². The Labute approximate surface area is 227 Å². The molecule has 3 aromatic carbocycles. The Balaban J connectivity index is 1.26. The van der Waals surface area contributed by atoms with Gasteiger partial charge in [-0.15, -0.1) is 11.8 Å². The summed E-state index contributed by atoms with van der Waals surface area (Å²) < 4.78 is 0. The molecule has 0 bridgehead atoms. The normalized spacial score (nSPS) is 24.3. The quantitative estimate of drug-likeness (QED) is 0.410. The van der Waals surface area contributed by atoms with E-state index in [4.69, 9.17) is 11.6 Å². The largest absolute Gasteiger partial charge is 0.295 e. The first-order valence-corrected chi connectivity index (χ1v) is 14.2. The van der Waals surface area contributed by atoms with Crippen molar-refractivity contribution in [2.45, 2.75) is 36.3 Å². The molecule has 0 aromatic heterocycles. The lowest BCUT2D eigenvalue weighted by Crippen LogP contribution is -2.52. The first-order valence-electron chi connectivity index (χ1n) is 12.9. The van der Waals surface area contributed by atoms with E-state index in [1.807, 2.05) is 48.2 Å². The number of nitrogens with zero attached hydrogens (tertiary/aromatic N) is 3. The van der Waals surface area contributed by atoms with Crippen LogP contribution in [-0.4, -0.2) is 41.7 Å². The molecule has 6 rings (SSSR count). The molecular weight excluding hydrogens is 502 g/mol. The zero-order valence-corrected chi connectivity index (χ0v) is 22.4. The van der Waals surface area contributed by atoms with Crippen molar-refractivity contribution in [2.24, 2.45) is 5.92 Å². The molecule has 37 heavy (non-hydrogen) atoms. The van der Waals surface area contributed by atoms with Crippen molar-refractivity contribution in [1.82, 2.24) is 4.90 Å². The number of anilines is 2. The smallest absolute Gasteiger partial charge is 0.269 e. The lowest BCUT2D eigenvalue weighted by molar-refractivity contribution is -0.124. The summed E-state index contributed by atoms with van der Waals surface area (Å²) in [6.07, 6.45) is 3.33. The Kier molecular flexibility index (Phi) is 6.51. The highest BCUT2D eigenvalue weighted by molar-refractivity contribution is 8.03. The summed E-state index contributed by atoms with van der Waals surface area (Å²) in [6, 6.07) is 25.9. The number of rotatable bonds is 5. The van der Waals surface area contributed by atoms with Crippen molar-refractivity contribution >= 4 is 46.6 Å². The highest BCUT2D eigenvalue weighted by Crippen LogP contribution is 2.57. The summed E-state index contributed by atoms with van der Waals surface area (Å²) in [5, 5.41) is 0.198. The fraction of sp³-hybridized carbons (Fsp3) is 0.333. The molecule has 0 N–H and O–H groups in total. The zero-order valence-electron chi connectivity index (χ0n) is 20.8. The van der Waals surface area contributed by atoms with E-state index >= 15 is 0 Å². The molecule has 0 unspecified atom stereocenters. The SMILES string of the molecule is C[C@H]1S[C@]2(C(=O)N(CN3CCC(Cc4ccccc4)CC3)c3ccccc32)N(c2cccc(Cl)c2)C1=O. The van der Waals surface area contributed by atoms with Crippen LogP contribution in [0.15, 0.2) is 78.9 Å². The van der Waals surface area contributed by atoms with Crippen molar-refractivity contribution in [3.8, 4) is 0 Å². The minimum Gasteiger partial charge on any atom is -0.295 e. The molecule has 1 spiro atoms. The van der Waals surface area contributed by atoms with Gasteiger partial charge in [0.15, 0.2) is 0 Å². The number of hydrogen-bond acceptors (Lipinski definition) is 4. The molecule has 2 fully saturated rings. The average Bonchev–Trinajstić information content (AvgIpc) is 3.31. The molecule has 0 saturated carbocycles. The lowest BCUT2D eigenvalue weighted by Gasteiger charge is -2.36. The van der Waals surface area contributed by atoms with Crippen LogP contribution in [0.25, 0.3) is 0 Å². The molecule has 0 aliphatic carbocycles. The van der Waals surface area contributed by atoms with E-state index < -0.39 is 4.87 Å². The zero-order chi connectivity index (χ0) is 25.6. The predicted octanol–water partition coefficient (Wildman–Crippen LogP) is 5.92. The van der Waals surface area contributed by atoms with E-state index in [0.717, 1.165) is 43.6 Å². The molecule has 2 atom stereocenters. The third kappa shape index (κ3) is 4.25. The van der Waals surface area contributed by atoms with E-state index in [0.29, 0.717) is 23.3 Å². The average molecular weight is 532 g/mol. The van der Waals surface area contributed by atoms with Crippen LogP contribution >= 0.6 is 23.4 Å². The topological polar surface area (TPSA) is 43.9 Å². The van der Waals surface area contributed by atoms with Crippen LogP contribution in [0, 0.1) is 5.92 Å². The molecule has 0 radical (unpaired) electrons. The first kappa shape index (κ1) is 24.5. The van der Waals surface area contributed by atoms with Crippen molar-refractivity contribution < 1.29 is 9.59 Å². The summed E-state index contributed by atoms with van der Waals surface area (Å²) in [5.41, 5.74) is 3.81. The Bertz CT molecular complexity index is 1330. The molecule has 3 heterocycles. The van der Waals surface area contributed by atoms with E-state index in [1.165, 1.54) is 17.3 Å². The minimum atomic E-state index is -1.12. The van der Waals surface area contributed by atoms with Crippen LogP contribution in [0.3, 0.4) is 0 Å². The lowest BCUT2D eigenvalue weighted by atomic mass is 9.90. The van der Waals surface area contributed by atoms with Gasteiger partial charge in [-0.2, -0.15) is 0 Å². The van der Waals surface area contributed by atoms with E-state index in [1.54, 1.807) is 17.0 Å². The Morgan fingerprint density at radius 1 is 0.946 bits per heavy atom. The van der Waals surface area contributed by atoms with Crippen molar-refractivity contribution in [1.29, 1.82) is 0 Å². The second-order valence-electron chi connectivity index (χ2n) is 10.2.